The zero-order chi connectivity index (χ0) is 28.3. The molecule has 0 unspecified atom stereocenters. The lowest BCUT2D eigenvalue weighted by Crippen LogP contribution is -2.48. The Morgan fingerprint density at radius 2 is 1.61 bits per heavy atom. The Bertz CT molecular complexity index is 1170. The summed E-state index contributed by atoms with van der Waals surface area (Å²) in [4.78, 5) is 23.7. The van der Waals surface area contributed by atoms with Crippen molar-refractivity contribution in [3.05, 3.63) is 59.7 Å². The highest BCUT2D eigenvalue weighted by Crippen LogP contribution is 2.18. The van der Waals surface area contributed by atoms with E-state index in [1.165, 1.54) is 4.31 Å². The second-order valence-corrected chi connectivity index (χ2v) is 10.2. The van der Waals surface area contributed by atoms with Crippen LogP contribution >= 0.6 is 0 Å². The fourth-order valence-electron chi connectivity index (χ4n) is 3.44. The van der Waals surface area contributed by atoms with Crippen molar-refractivity contribution >= 4 is 21.9 Å². The molecule has 0 atom stereocenters. The number of nitrogens with one attached hydrogen (secondary N) is 1. The van der Waals surface area contributed by atoms with Crippen molar-refractivity contribution in [3.8, 4) is 11.5 Å². The second kappa shape index (κ2) is 14.0. The molecule has 1 aliphatic heterocycles. The van der Waals surface area contributed by atoms with Crippen LogP contribution in [-0.2, 0) is 21.4 Å². The molecule has 0 aliphatic carbocycles. The van der Waals surface area contributed by atoms with Gasteiger partial charge in [0.1, 0.15) is 11.5 Å². The third-order valence-electron chi connectivity index (χ3n) is 5.46. The van der Waals surface area contributed by atoms with Gasteiger partial charge in [0.25, 0.3) is 5.91 Å². The van der Waals surface area contributed by atoms with Crippen molar-refractivity contribution in [2.24, 2.45) is 0 Å². The van der Waals surface area contributed by atoms with Crippen molar-refractivity contribution in [2.45, 2.75) is 12.7 Å². The first-order valence-corrected chi connectivity index (χ1v) is 13.0. The number of hydrogen-bond donors (Lipinski definition) is 2. The molecule has 1 aliphatic rings. The Kier molecular flexibility index (Phi) is 11.4. The SMILES string of the molecule is COc1ccc(C(=O)N(CCS(=O)(=O)N2CCNCC2)Cc2cccc(OC)c2)cc1.O=C(O)C(F)(F)F. The van der Waals surface area contributed by atoms with Gasteiger partial charge in [-0.05, 0) is 42.0 Å². The summed E-state index contributed by atoms with van der Waals surface area (Å²) in [5.74, 6) is -1.78. The Hall–Kier alpha value is -3.36. The number of carboxylic acid groups (broad SMARTS) is 1. The monoisotopic (exact) mass is 561 g/mol. The molecule has 0 spiro atoms. The summed E-state index contributed by atoms with van der Waals surface area (Å²) in [7, 11) is -0.310. The molecule has 0 aromatic heterocycles. The minimum atomic E-state index is -5.08. The molecule has 0 bridgehead atoms. The van der Waals surface area contributed by atoms with E-state index >= 15 is 0 Å². The average molecular weight is 562 g/mol. The number of carbonyl (C=O) groups excluding carboxylic acids is 1. The topological polar surface area (TPSA) is 125 Å². The van der Waals surface area contributed by atoms with Gasteiger partial charge in [-0.25, -0.2) is 13.2 Å². The standard InChI is InChI=1S/C22H29N3O5S.C2HF3O2/c1-29-20-8-6-19(7-9-20)22(26)24(17-18-4-3-5-21(16-18)30-2)14-15-31(27,28)25-12-10-23-11-13-25;3-2(4,5)1(6)7/h3-9,16,23H,10-15,17H2,1-2H3;(H,6,7). The third-order valence-corrected chi connectivity index (χ3v) is 7.31. The van der Waals surface area contributed by atoms with E-state index in [0.29, 0.717) is 43.2 Å². The summed E-state index contributed by atoms with van der Waals surface area (Å²) in [6.45, 7) is 2.54. The van der Waals surface area contributed by atoms with Gasteiger partial charge in [-0.2, -0.15) is 17.5 Å². The smallest absolute Gasteiger partial charge is 0.490 e. The average Bonchev–Trinajstić information content (AvgIpc) is 2.91. The van der Waals surface area contributed by atoms with Gasteiger partial charge in [-0.1, -0.05) is 12.1 Å². The van der Waals surface area contributed by atoms with Crippen LogP contribution in [0, 0.1) is 0 Å². The molecule has 38 heavy (non-hydrogen) atoms. The lowest BCUT2D eigenvalue weighted by molar-refractivity contribution is -0.192. The van der Waals surface area contributed by atoms with Crippen LogP contribution in [-0.4, -0.2) is 93.5 Å². The van der Waals surface area contributed by atoms with Crippen molar-refractivity contribution in [2.75, 3.05) is 52.7 Å². The fraction of sp³-hybridized carbons (Fsp3) is 0.417. The lowest BCUT2D eigenvalue weighted by Gasteiger charge is -2.28. The molecule has 2 N–H and O–H groups in total. The van der Waals surface area contributed by atoms with Gasteiger partial charge in [0.2, 0.25) is 10.0 Å². The van der Waals surface area contributed by atoms with Crippen molar-refractivity contribution in [3.63, 3.8) is 0 Å². The highest BCUT2D eigenvalue weighted by molar-refractivity contribution is 7.89. The number of alkyl halides is 3. The maximum atomic E-state index is 13.2. The zero-order valence-corrected chi connectivity index (χ0v) is 21.7. The molecule has 1 heterocycles. The highest BCUT2D eigenvalue weighted by atomic mass is 32.2. The van der Waals surface area contributed by atoms with Crippen molar-refractivity contribution in [1.82, 2.24) is 14.5 Å². The molecule has 0 saturated carbocycles. The summed E-state index contributed by atoms with van der Waals surface area (Å²) < 4.78 is 69.3. The van der Waals surface area contributed by atoms with Gasteiger partial charge < -0.3 is 24.8 Å². The Morgan fingerprint density at radius 1 is 1.03 bits per heavy atom. The van der Waals surface area contributed by atoms with Crippen LogP contribution in [0.1, 0.15) is 15.9 Å². The molecule has 14 heteroatoms. The first kappa shape index (κ1) is 30.9. The number of carboxylic acids is 1. The summed E-state index contributed by atoms with van der Waals surface area (Å²) in [6.07, 6.45) is -5.08. The quantitative estimate of drug-likeness (QED) is 0.478. The van der Waals surface area contributed by atoms with Crippen LogP contribution in [0.2, 0.25) is 0 Å². The lowest BCUT2D eigenvalue weighted by atomic mass is 10.1. The van der Waals surface area contributed by atoms with Crippen molar-refractivity contribution < 1.29 is 45.8 Å². The molecular weight excluding hydrogens is 531 g/mol. The molecule has 2 aromatic rings. The van der Waals surface area contributed by atoms with Gasteiger partial charge in [0, 0.05) is 44.8 Å². The Balaban J connectivity index is 0.000000638. The summed E-state index contributed by atoms with van der Waals surface area (Å²) in [5, 5.41) is 10.3. The number of nitrogens with zero attached hydrogens (tertiary/aromatic N) is 2. The molecule has 10 nitrogen and oxygen atoms in total. The molecule has 0 radical (unpaired) electrons. The van der Waals surface area contributed by atoms with Gasteiger partial charge in [0.15, 0.2) is 0 Å². The number of amides is 1. The molecule has 210 valence electrons. The van der Waals surface area contributed by atoms with E-state index in [1.807, 2.05) is 24.3 Å². The number of rotatable bonds is 9. The van der Waals surface area contributed by atoms with E-state index in [0.717, 1.165) is 5.56 Å². The number of benzene rings is 2. The van der Waals surface area contributed by atoms with Crippen molar-refractivity contribution in [1.29, 1.82) is 0 Å². The Labute approximate surface area is 219 Å². The largest absolute Gasteiger partial charge is 0.497 e. The number of carbonyl (C=O) groups is 2. The maximum Gasteiger partial charge on any atom is 0.490 e. The van der Waals surface area contributed by atoms with Gasteiger partial charge >= 0.3 is 12.1 Å². The first-order valence-electron chi connectivity index (χ1n) is 11.4. The molecule has 1 fully saturated rings. The van der Waals surface area contributed by atoms with E-state index < -0.39 is 22.2 Å². The van der Waals surface area contributed by atoms with E-state index in [1.54, 1.807) is 43.4 Å². The first-order chi connectivity index (χ1) is 17.9. The third kappa shape index (κ3) is 9.50. The summed E-state index contributed by atoms with van der Waals surface area (Å²) in [6, 6.07) is 14.2. The second-order valence-electron chi connectivity index (χ2n) is 8.07. The minimum absolute atomic E-state index is 0.0916. The number of halogens is 3. The number of methoxy groups -OCH3 is 2. The van der Waals surface area contributed by atoms with Crippen LogP contribution in [0.15, 0.2) is 48.5 Å². The highest BCUT2D eigenvalue weighted by Gasteiger charge is 2.38. The van der Waals surface area contributed by atoms with E-state index in [-0.39, 0.29) is 24.7 Å². The summed E-state index contributed by atoms with van der Waals surface area (Å²) in [5.41, 5.74) is 1.34. The molecular formula is C24H30F3N3O7S. The molecule has 2 aromatic carbocycles. The van der Waals surface area contributed by atoms with Crippen LogP contribution in [0.5, 0.6) is 11.5 Å². The van der Waals surface area contributed by atoms with E-state index in [9.17, 15) is 26.4 Å². The van der Waals surface area contributed by atoms with Crippen LogP contribution in [0.3, 0.4) is 0 Å². The number of ether oxygens (including phenoxy) is 2. The fourth-order valence-corrected chi connectivity index (χ4v) is 4.89. The molecule has 1 saturated heterocycles. The summed E-state index contributed by atoms with van der Waals surface area (Å²) >= 11 is 0. The van der Waals surface area contributed by atoms with Gasteiger partial charge in [-0.3, -0.25) is 4.79 Å². The predicted molar refractivity (Wildman–Crippen MR) is 133 cm³/mol. The minimum Gasteiger partial charge on any atom is -0.497 e. The van der Waals surface area contributed by atoms with Gasteiger partial charge in [0.05, 0.1) is 20.0 Å². The Morgan fingerprint density at radius 3 is 2.13 bits per heavy atom. The van der Waals surface area contributed by atoms with E-state index in [4.69, 9.17) is 19.4 Å². The number of sulfonamides is 1. The van der Waals surface area contributed by atoms with Crippen LogP contribution in [0.4, 0.5) is 13.2 Å². The number of aliphatic carboxylic acids is 1. The van der Waals surface area contributed by atoms with E-state index in [2.05, 4.69) is 5.32 Å². The number of piperazine rings is 1. The zero-order valence-electron chi connectivity index (χ0n) is 20.9. The number of hydrogen-bond acceptors (Lipinski definition) is 7. The molecule has 1 amide bonds. The molecule has 3 rings (SSSR count). The predicted octanol–water partition coefficient (Wildman–Crippen LogP) is 2.21. The van der Waals surface area contributed by atoms with Crippen LogP contribution < -0.4 is 14.8 Å². The maximum absolute atomic E-state index is 13.2. The normalized spacial score (nSPS) is 14.1. The van der Waals surface area contributed by atoms with Gasteiger partial charge in [-0.15, -0.1) is 0 Å². The van der Waals surface area contributed by atoms with Crippen LogP contribution in [0.25, 0.3) is 0 Å².